The minimum Gasteiger partial charge on any atom is -0.492 e. The van der Waals surface area contributed by atoms with Crippen LogP contribution in [-0.4, -0.2) is 62.3 Å². The molecule has 2 aromatic carbocycles. The van der Waals surface area contributed by atoms with Crippen LogP contribution >= 0.6 is 0 Å². The largest absolute Gasteiger partial charge is 0.492 e. The minimum atomic E-state index is -0.341. The monoisotopic (exact) mass is 493 g/mol. The number of nitrogens with zero attached hydrogens (tertiary/aromatic N) is 5. The number of fused-ring (bicyclic) bond motifs is 2. The summed E-state index contributed by atoms with van der Waals surface area (Å²) >= 11 is 0. The van der Waals surface area contributed by atoms with Crippen LogP contribution < -0.4 is 4.74 Å². The summed E-state index contributed by atoms with van der Waals surface area (Å²) in [6.07, 6.45) is 6.78. The molecule has 4 heterocycles. The van der Waals surface area contributed by atoms with Crippen molar-refractivity contribution in [2.45, 2.75) is 0 Å². The van der Waals surface area contributed by atoms with E-state index in [0.717, 1.165) is 56.5 Å². The lowest BCUT2D eigenvalue weighted by Gasteiger charge is -2.12. The molecule has 0 saturated carbocycles. The van der Waals surface area contributed by atoms with Gasteiger partial charge in [0, 0.05) is 58.6 Å². The van der Waals surface area contributed by atoms with Crippen molar-refractivity contribution in [3.63, 3.8) is 0 Å². The summed E-state index contributed by atoms with van der Waals surface area (Å²) in [5.74, 6) is 0.165. The second-order valence-electron chi connectivity index (χ2n) is 9.10. The maximum atomic E-state index is 14.6. The van der Waals surface area contributed by atoms with Crippen molar-refractivity contribution in [3.05, 3.63) is 79.3 Å². The molecular weight excluding hydrogens is 469 g/mol. The molecule has 184 valence electrons. The van der Waals surface area contributed by atoms with E-state index < -0.39 is 0 Å². The van der Waals surface area contributed by atoms with Gasteiger partial charge in [0.05, 0.1) is 5.69 Å². The summed E-state index contributed by atoms with van der Waals surface area (Å²) in [4.78, 5) is 18.2. The fourth-order valence-electron chi connectivity index (χ4n) is 4.40. The van der Waals surface area contributed by atoms with E-state index in [0.29, 0.717) is 18.0 Å². The zero-order valence-corrected chi connectivity index (χ0v) is 20.4. The molecule has 2 N–H and O–H groups in total. The Hall–Kier alpha value is -4.63. The van der Waals surface area contributed by atoms with E-state index in [2.05, 4.69) is 30.1 Å². The highest BCUT2D eigenvalue weighted by molar-refractivity contribution is 6.01. The lowest BCUT2D eigenvalue weighted by Crippen LogP contribution is -2.19. The Morgan fingerprint density at radius 2 is 1.78 bits per heavy atom. The molecule has 0 unspecified atom stereocenters. The van der Waals surface area contributed by atoms with Crippen molar-refractivity contribution in [2.75, 3.05) is 27.2 Å². The number of aromatic nitrogens is 6. The lowest BCUT2D eigenvalue weighted by molar-refractivity contribution is 0.260. The predicted octanol–water partition coefficient (Wildman–Crippen LogP) is 5.31. The topological polar surface area (TPSA) is 95.6 Å². The molecule has 6 aromatic rings. The average Bonchev–Trinajstić information content (AvgIpc) is 3.52. The molecule has 0 radical (unpaired) electrons. The first-order valence-electron chi connectivity index (χ1n) is 11.9. The Bertz CT molecular complexity index is 1710. The first-order chi connectivity index (χ1) is 18.0. The van der Waals surface area contributed by atoms with Crippen LogP contribution in [0.3, 0.4) is 0 Å². The third kappa shape index (κ3) is 4.52. The van der Waals surface area contributed by atoms with Crippen molar-refractivity contribution in [2.24, 2.45) is 0 Å². The molecule has 9 heteroatoms. The van der Waals surface area contributed by atoms with Gasteiger partial charge in [0.15, 0.2) is 5.65 Å². The van der Waals surface area contributed by atoms with E-state index in [1.807, 2.05) is 55.4 Å². The van der Waals surface area contributed by atoms with Gasteiger partial charge in [-0.2, -0.15) is 5.10 Å². The molecule has 37 heavy (non-hydrogen) atoms. The summed E-state index contributed by atoms with van der Waals surface area (Å²) in [6.45, 7) is 1.22. The minimum absolute atomic E-state index is 0.341. The third-order valence-electron chi connectivity index (χ3n) is 6.22. The quantitative estimate of drug-likeness (QED) is 0.313. The number of aromatic amines is 2. The molecule has 8 nitrogen and oxygen atoms in total. The van der Waals surface area contributed by atoms with Crippen LogP contribution in [0.4, 0.5) is 4.39 Å². The number of ether oxygens (including phenoxy) is 1. The van der Waals surface area contributed by atoms with Gasteiger partial charge in [-0.25, -0.2) is 19.3 Å². The Morgan fingerprint density at radius 3 is 2.62 bits per heavy atom. The standard InChI is InChI=1S/C28H24FN7O/c1-36(2)6-7-37-21-9-17(8-20(29)11-21)22-4-3-5-25-23(22)12-26(33-25)27-24-10-18(15-32-28(24)35-34-27)19-13-30-16-31-14-19/h3-5,8-16,33H,6-7H2,1-2H3,(H,32,34,35). The normalized spacial score (nSPS) is 11.6. The maximum Gasteiger partial charge on any atom is 0.155 e. The third-order valence-corrected chi connectivity index (χ3v) is 6.22. The van der Waals surface area contributed by atoms with Gasteiger partial charge < -0.3 is 14.6 Å². The molecule has 0 spiro atoms. The number of halogens is 1. The van der Waals surface area contributed by atoms with Gasteiger partial charge in [-0.05, 0) is 55.6 Å². The first-order valence-corrected chi connectivity index (χ1v) is 11.9. The molecule has 0 aliphatic rings. The van der Waals surface area contributed by atoms with Crippen molar-refractivity contribution in [3.8, 4) is 39.4 Å². The lowest BCUT2D eigenvalue weighted by atomic mass is 10.0. The van der Waals surface area contributed by atoms with Crippen LogP contribution in [0, 0.1) is 5.82 Å². The molecule has 0 aliphatic carbocycles. The van der Waals surface area contributed by atoms with Crippen LogP contribution in [0.5, 0.6) is 5.75 Å². The highest BCUT2D eigenvalue weighted by Gasteiger charge is 2.16. The molecule has 0 saturated heterocycles. The number of hydrogen-bond donors (Lipinski definition) is 2. The van der Waals surface area contributed by atoms with E-state index >= 15 is 0 Å². The van der Waals surface area contributed by atoms with Crippen molar-refractivity contribution >= 4 is 21.9 Å². The molecule has 0 bridgehead atoms. The summed E-state index contributed by atoms with van der Waals surface area (Å²) in [5, 5.41) is 9.39. The van der Waals surface area contributed by atoms with Gasteiger partial charge in [-0.15, -0.1) is 0 Å². The molecule has 0 aliphatic heterocycles. The van der Waals surface area contributed by atoms with E-state index in [4.69, 9.17) is 4.74 Å². The molecule has 0 amide bonds. The maximum absolute atomic E-state index is 14.6. The molecule has 6 rings (SSSR count). The Morgan fingerprint density at radius 1 is 0.919 bits per heavy atom. The van der Waals surface area contributed by atoms with E-state index in [1.165, 1.54) is 18.5 Å². The highest BCUT2D eigenvalue weighted by Crippen LogP contribution is 2.36. The summed E-state index contributed by atoms with van der Waals surface area (Å²) in [7, 11) is 3.94. The zero-order valence-electron chi connectivity index (χ0n) is 20.4. The van der Waals surface area contributed by atoms with Crippen LogP contribution in [0.2, 0.25) is 0 Å². The summed E-state index contributed by atoms with van der Waals surface area (Å²) in [5.41, 5.74) is 6.59. The van der Waals surface area contributed by atoms with Crippen LogP contribution in [0.1, 0.15) is 0 Å². The van der Waals surface area contributed by atoms with Crippen LogP contribution in [0.25, 0.3) is 55.6 Å². The molecule has 4 aromatic heterocycles. The number of H-pyrrole nitrogens is 2. The van der Waals surface area contributed by atoms with Crippen molar-refractivity contribution < 1.29 is 9.13 Å². The predicted molar refractivity (Wildman–Crippen MR) is 142 cm³/mol. The number of rotatable bonds is 7. The Kier molecular flexibility index (Phi) is 5.82. The highest BCUT2D eigenvalue weighted by atomic mass is 19.1. The summed E-state index contributed by atoms with van der Waals surface area (Å²) < 4.78 is 20.4. The second-order valence-corrected chi connectivity index (χ2v) is 9.10. The van der Waals surface area contributed by atoms with Crippen molar-refractivity contribution in [1.29, 1.82) is 0 Å². The van der Waals surface area contributed by atoms with Crippen molar-refractivity contribution in [1.82, 2.24) is 35.0 Å². The van der Waals surface area contributed by atoms with E-state index in [9.17, 15) is 4.39 Å². The van der Waals surface area contributed by atoms with E-state index in [-0.39, 0.29) is 5.82 Å². The number of hydrogen-bond acceptors (Lipinski definition) is 6. The van der Waals surface area contributed by atoms with Gasteiger partial charge in [0.1, 0.15) is 30.2 Å². The van der Waals surface area contributed by atoms with Crippen LogP contribution in [-0.2, 0) is 0 Å². The first kappa shape index (κ1) is 22.8. The number of likely N-dealkylation sites (N-methyl/N-ethyl adjacent to an activating group) is 1. The fraction of sp³-hybridized carbons (Fsp3) is 0.143. The fourth-order valence-corrected chi connectivity index (χ4v) is 4.40. The number of nitrogens with one attached hydrogen (secondary N) is 2. The number of benzene rings is 2. The average molecular weight is 494 g/mol. The second kappa shape index (κ2) is 9.44. The van der Waals surface area contributed by atoms with Gasteiger partial charge in [0.2, 0.25) is 0 Å². The summed E-state index contributed by atoms with van der Waals surface area (Å²) in [6, 6.07) is 14.8. The van der Waals surface area contributed by atoms with Crippen LogP contribution in [0.15, 0.2) is 73.4 Å². The van der Waals surface area contributed by atoms with E-state index in [1.54, 1.807) is 18.6 Å². The van der Waals surface area contributed by atoms with Gasteiger partial charge in [-0.3, -0.25) is 5.10 Å². The zero-order chi connectivity index (χ0) is 25.4. The molecular formula is C28H24FN7O. The van der Waals surface area contributed by atoms with Gasteiger partial charge >= 0.3 is 0 Å². The van der Waals surface area contributed by atoms with Gasteiger partial charge in [-0.1, -0.05) is 12.1 Å². The number of pyridine rings is 1. The molecule has 0 atom stereocenters. The molecule has 0 fully saturated rings. The Labute approximate surface area is 212 Å². The Balaban J connectivity index is 1.41. The smallest absolute Gasteiger partial charge is 0.155 e. The van der Waals surface area contributed by atoms with Gasteiger partial charge in [0.25, 0.3) is 0 Å². The SMILES string of the molecule is CN(C)CCOc1cc(F)cc(-c2cccc3[nH]c(-c4n[nH]c5ncc(-c6cncnc6)cc45)cc23)c1.